The number of halogens is 2. The number of sulfonamides is 1. The zero-order chi connectivity index (χ0) is 21.3. The third-order valence-corrected chi connectivity index (χ3v) is 6.12. The molecule has 0 atom stereocenters. The van der Waals surface area contributed by atoms with Crippen LogP contribution >= 0.6 is 11.6 Å². The fraction of sp³-hybridized carbons (Fsp3) is 0. The Morgan fingerprint density at radius 1 is 1.03 bits per heavy atom. The van der Waals surface area contributed by atoms with Crippen LogP contribution in [-0.4, -0.2) is 24.0 Å². The lowest BCUT2D eigenvalue weighted by molar-refractivity contribution is 0.101. The van der Waals surface area contributed by atoms with Crippen molar-refractivity contribution in [2.24, 2.45) is 0 Å². The van der Waals surface area contributed by atoms with Gasteiger partial charge in [-0.15, -0.1) is 0 Å². The molecule has 1 amide bonds. The molecule has 10 heteroatoms. The van der Waals surface area contributed by atoms with E-state index in [2.05, 4.69) is 15.1 Å². The third-order valence-electron chi connectivity index (χ3n) is 4.25. The number of para-hydroxylation sites is 2. The van der Waals surface area contributed by atoms with Crippen molar-refractivity contribution in [2.75, 3.05) is 10.1 Å². The molecule has 0 saturated carbocycles. The second kappa shape index (κ2) is 7.77. The Bertz CT molecular complexity index is 1350. The van der Waals surface area contributed by atoms with E-state index in [-0.39, 0.29) is 21.2 Å². The SMILES string of the molecule is O=C(Nn1cnc2ccccc21)c1ccc(Cl)c(S(=O)(=O)Nc2ccc(F)cc2)c1. The van der Waals surface area contributed by atoms with Crippen molar-refractivity contribution >= 4 is 44.3 Å². The molecule has 0 aliphatic heterocycles. The molecule has 4 aromatic rings. The smallest absolute Gasteiger partial charge is 0.270 e. The molecule has 2 N–H and O–H groups in total. The van der Waals surface area contributed by atoms with Crippen molar-refractivity contribution < 1.29 is 17.6 Å². The molecular weight excluding hydrogens is 431 g/mol. The van der Waals surface area contributed by atoms with Gasteiger partial charge in [0.2, 0.25) is 0 Å². The normalized spacial score (nSPS) is 11.4. The Kier molecular flexibility index (Phi) is 5.15. The molecular formula is C20H14ClFN4O3S. The molecule has 152 valence electrons. The predicted octanol–water partition coefficient (Wildman–Crippen LogP) is 4.01. The molecule has 0 radical (unpaired) electrons. The van der Waals surface area contributed by atoms with E-state index in [4.69, 9.17) is 11.6 Å². The van der Waals surface area contributed by atoms with E-state index in [9.17, 15) is 17.6 Å². The van der Waals surface area contributed by atoms with Crippen molar-refractivity contribution in [3.8, 4) is 0 Å². The summed E-state index contributed by atoms with van der Waals surface area (Å²) in [6.07, 6.45) is 1.45. The number of benzene rings is 3. The maximum atomic E-state index is 13.1. The Hall–Kier alpha value is -3.43. The van der Waals surface area contributed by atoms with Gasteiger partial charge in [-0.1, -0.05) is 23.7 Å². The summed E-state index contributed by atoms with van der Waals surface area (Å²) >= 11 is 6.07. The fourth-order valence-electron chi connectivity index (χ4n) is 2.80. The van der Waals surface area contributed by atoms with Gasteiger partial charge in [0.25, 0.3) is 15.9 Å². The van der Waals surface area contributed by atoms with Crippen LogP contribution in [-0.2, 0) is 10.0 Å². The highest BCUT2D eigenvalue weighted by Crippen LogP contribution is 2.25. The van der Waals surface area contributed by atoms with Gasteiger partial charge in [0.1, 0.15) is 17.0 Å². The summed E-state index contributed by atoms with van der Waals surface area (Å²) < 4.78 is 42.3. The first kappa shape index (κ1) is 19.9. The van der Waals surface area contributed by atoms with Gasteiger partial charge in [0.15, 0.2) is 0 Å². The lowest BCUT2D eigenvalue weighted by atomic mass is 10.2. The summed E-state index contributed by atoms with van der Waals surface area (Å²) in [6, 6.07) is 15.9. The van der Waals surface area contributed by atoms with E-state index >= 15 is 0 Å². The molecule has 1 aromatic heterocycles. The van der Waals surface area contributed by atoms with Gasteiger partial charge in [-0.2, -0.15) is 0 Å². The molecule has 0 spiro atoms. The van der Waals surface area contributed by atoms with Crippen LogP contribution in [0.25, 0.3) is 11.0 Å². The Morgan fingerprint density at radius 3 is 2.53 bits per heavy atom. The molecule has 4 rings (SSSR count). The fourth-order valence-corrected chi connectivity index (χ4v) is 4.39. The molecule has 0 bridgehead atoms. The zero-order valence-corrected chi connectivity index (χ0v) is 16.8. The molecule has 1 heterocycles. The molecule has 0 saturated heterocycles. The van der Waals surface area contributed by atoms with Crippen LogP contribution in [0.5, 0.6) is 0 Å². The maximum Gasteiger partial charge on any atom is 0.270 e. The predicted molar refractivity (Wildman–Crippen MR) is 112 cm³/mol. The van der Waals surface area contributed by atoms with E-state index in [0.29, 0.717) is 11.0 Å². The van der Waals surface area contributed by atoms with Crippen molar-refractivity contribution in [1.82, 2.24) is 9.66 Å². The maximum absolute atomic E-state index is 13.1. The molecule has 30 heavy (non-hydrogen) atoms. The number of nitrogens with one attached hydrogen (secondary N) is 2. The second-order valence-corrected chi connectivity index (χ2v) is 8.36. The van der Waals surface area contributed by atoms with Crippen LogP contribution in [0, 0.1) is 5.82 Å². The van der Waals surface area contributed by atoms with E-state index in [1.165, 1.54) is 41.3 Å². The summed E-state index contributed by atoms with van der Waals surface area (Å²) in [5.74, 6) is -1.05. The Labute approximate surface area is 176 Å². The summed E-state index contributed by atoms with van der Waals surface area (Å²) in [6.45, 7) is 0. The van der Waals surface area contributed by atoms with E-state index < -0.39 is 21.7 Å². The number of hydrogen-bond donors (Lipinski definition) is 2. The minimum absolute atomic E-state index is 0.0609. The Balaban J connectivity index is 1.62. The highest BCUT2D eigenvalue weighted by molar-refractivity contribution is 7.92. The quantitative estimate of drug-likeness (QED) is 0.486. The minimum atomic E-state index is -4.11. The van der Waals surface area contributed by atoms with Crippen molar-refractivity contribution in [3.05, 3.63) is 89.5 Å². The average molecular weight is 445 g/mol. The zero-order valence-electron chi connectivity index (χ0n) is 15.2. The van der Waals surface area contributed by atoms with Gasteiger partial charge < -0.3 is 0 Å². The van der Waals surface area contributed by atoms with E-state index in [0.717, 1.165) is 12.1 Å². The summed E-state index contributed by atoms with van der Waals surface area (Å²) in [5.41, 5.74) is 4.27. The van der Waals surface area contributed by atoms with E-state index in [1.54, 1.807) is 18.2 Å². The van der Waals surface area contributed by atoms with Gasteiger partial charge in [-0.25, -0.2) is 22.5 Å². The third kappa shape index (κ3) is 3.98. The number of rotatable bonds is 5. The number of anilines is 1. The summed E-state index contributed by atoms with van der Waals surface area (Å²) in [5, 5.41) is -0.0609. The largest absolute Gasteiger partial charge is 0.280 e. The van der Waals surface area contributed by atoms with E-state index in [1.807, 2.05) is 6.07 Å². The number of imidazole rings is 1. The monoisotopic (exact) mass is 444 g/mol. The van der Waals surface area contributed by atoms with Crippen LogP contribution in [0.4, 0.5) is 10.1 Å². The number of nitrogens with zero attached hydrogens (tertiary/aromatic N) is 2. The van der Waals surface area contributed by atoms with Gasteiger partial charge >= 0.3 is 0 Å². The first-order valence-corrected chi connectivity index (χ1v) is 10.5. The number of fused-ring (bicyclic) bond motifs is 1. The van der Waals surface area contributed by atoms with Gasteiger partial charge in [-0.05, 0) is 54.6 Å². The van der Waals surface area contributed by atoms with Crippen molar-refractivity contribution in [2.45, 2.75) is 4.90 Å². The summed E-state index contributed by atoms with van der Waals surface area (Å²) in [4.78, 5) is 16.6. The lowest BCUT2D eigenvalue weighted by Crippen LogP contribution is -2.22. The molecule has 0 fully saturated rings. The van der Waals surface area contributed by atoms with Crippen LogP contribution in [0.15, 0.2) is 78.0 Å². The molecule has 3 aromatic carbocycles. The van der Waals surface area contributed by atoms with Gasteiger partial charge in [-0.3, -0.25) is 14.9 Å². The highest BCUT2D eigenvalue weighted by atomic mass is 35.5. The van der Waals surface area contributed by atoms with Crippen LogP contribution < -0.4 is 10.1 Å². The second-order valence-electron chi connectivity index (χ2n) is 6.30. The number of aromatic nitrogens is 2. The first-order valence-electron chi connectivity index (χ1n) is 8.65. The standard InChI is InChI=1S/C20H14ClFN4O3S/c21-16-10-5-13(20(27)24-26-12-23-17-3-1-2-4-18(17)26)11-19(16)30(28,29)25-15-8-6-14(22)7-9-15/h1-12,25H,(H,24,27). The Morgan fingerprint density at radius 2 is 1.77 bits per heavy atom. The average Bonchev–Trinajstić information content (AvgIpc) is 3.12. The molecule has 0 aliphatic rings. The lowest BCUT2D eigenvalue weighted by Gasteiger charge is -2.12. The minimum Gasteiger partial charge on any atom is -0.280 e. The number of hydrogen-bond acceptors (Lipinski definition) is 4. The highest BCUT2D eigenvalue weighted by Gasteiger charge is 2.21. The number of carbonyl (C=O) groups excluding carboxylic acids is 1. The topological polar surface area (TPSA) is 93.1 Å². The summed E-state index contributed by atoms with van der Waals surface area (Å²) in [7, 11) is -4.11. The van der Waals surface area contributed by atoms with Crippen LogP contribution in [0.3, 0.4) is 0 Å². The van der Waals surface area contributed by atoms with Crippen LogP contribution in [0.2, 0.25) is 5.02 Å². The van der Waals surface area contributed by atoms with Gasteiger partial charge in [0, 0.05) is 11.3 Å². The molecule has 0 aliphatic carbocycles. The van der Waals surface area contributed by atoms with Gasteiger partial charge in [0.05, 0.1) is 16.1 Å². The van der Waals surface area contributed by atoms with Crippen LogP contribution in [0.1, 0.15) is 10.4 Å². The van der Waals surface area contributed by atoms with Crippen molar-refractivity contribution in [3.63, 3.8) is 0 Å². The first-order chi connectivity index (χ1) is 14.3. The number of carbonyl (C=O) groups is 1. The van der Waals surface area contributed by atoms with Crippen molar-refractivity contribution in [1.29, 1.82) is 0 Å². The molecule has 0 unspecified atom stereocenters. The molecule has 7 nitrogen and oxygen atoms in total. The number of amides is 1.